The minimum absolute atomic E-state index is 0.0652. The third-order valence-corrected chi connectivity index (χ3v) is 2.73. The highest BCUT2D eigenvalue weighted by molar-refractivity contribution is 6.33. The first kappa shape index (κ1) is 14.0. The number of nitrogens with one attached hydrogen (secondary N) is 1. The van der Waals surface area contributed by atoms with E-state index < -0.39 is 5.82 Å². The summed E-state index contributed by atoms with van der Waals surface area (Å²) in [5.74, 6) is 0.00420. The molecule has 0 aliphatic carbocycles. The lowest BCUT2D eigenvalue weighted by atomic mass is 10.1. The summed E-state index contributed by atoms with van der Waals surface area (Å²) >= 11 is 5.94. The Morgan fingerprint density at radius 1 is 1.32 bits per heavy atom. The van der Waals surface area contributed by atoms with Crippen LogP contribution in [-0.4, -0.2) is 15.7 Å². The maximum absolute atomic E-state index is 13.7. The van der Waals surface area contributed by atoms with Gasteiger partial charge in [-0.25, -0.2) is 4.39 Å². The Hall–Kier alpha value is -1.46. The monoisotopic (exact) mass is 283 g/mol. The maximum atomic E-state index is 13.7. The summed E-state index contributed by atoms with van der Waals surface area (Å²) in [6, 6.07) is 4.41. The summed E-state index contributed by atoms with van der Waals surface area (Å²) < 4.78 is 19.1. The summed E-state index contributed by atoms with van der Waals surface area (Å²) in [5.41, 5.74) is 0.0725. The van der Waals surface area contributed by atoms with Crippen LogP contribution in [0.1, 0.15) is 26.7 Å². The first-order valence-electron chi connectivity index (χ1n) is 5.88. The fraction of sp³-hybridized carbons (Fsp3) is 0.385. The summed E-state index contributed by atoms with van der Waals surface area (Å²) in [6.07, 6.45) is 0. The molecule has 0 amide bonds. The van der Waals surface area contributed by atoms with E-state index in [1.165, 1.54) is 12.1 Å². The molecule has 0 radical (unpaired) electrons. The topological polar surface area (TPSA) is 51.0 Å². The summed E-state index contributed by atoms with van der Waals surface area (Å²) in [6.45, 7) is 6.50. The van der Waals surface area contributed by atoms with Gasteiger partial charge in [0.25, 0.3) is 5.89 Å². The molecule has 0 aliphatic rings. The molecule has 1 heterocycles. The molecule has 0 saturated carbocycles. The predicted octanol–water partition coefficient (Wildman–Crippen LogP) is 3.42. The lowest BCUT2D eigenvalue weighted by Gasteiger charge is -2.18. The van der Waals surface area contributed by atoms with Crippen molar-refractivity contribution < 1.29 is 8.81 Å². The van der Waals surface area contributed by atoms with Gasteiger partial charge in [-0.3, -0.25) is 0 Å². The number of hydrogen-bond acceptors (Lipinski definition) is 4. The minimum atomic E-state index is -0.480. The fourth-order valence-electron chi connectivity index (χ4n) is 1.47. The van der Waals surface area contributed by atoms with Crippen LogP contribution >= 0.6 is 11.6 Å². The average molecular weight is 284 g/mol. The largest absolute Gasteiger partial charge is 0.419 e. The van der Waals surface area contributed by atoms with Crippen LogP contribution in [0.2, 0.25) is 5.02 Å². The molecular formula is C13H15ClFN3O. The molecule has 0 bridgehead atoms. The van der Waals surface area contributed by atoms with Gasteiger partial charge in [-0.1, -0.05) is 17.7 Å². The highest BCUT2D eigenvalue weighted by Crippen LogP contribution is 2.29. The zero-order chi connectivity index (χ0) is 14.0. The van der Waals surface area contributed by atoms with Crippen molar-refractivity contribution in [2.45, 2.75) is 32.9 Å². The van der Waals surface area contributed by atoms with Crippen LogP contribution in [0.3, 0.4) is 0 Å². The van der Waals surface area contributed by atoms with Crippen molar-refractivity contribution in [1.82, 2.24) is 15.5 Å². The van der Waals surface area contributed by atoms with Crippen molar-refractivity contribution in [2.24, 2.45) is 0 Å². The molecule has 2 aromatic rings. The SMILES string of the molecule is CC(C)(C)NCc1nnc(-c2c(F)cccc2Cl)o1. The van der Waals surface area contributed by atoms with Crippen LogP contribution in [0.25, 0.3) is 11.5 Å². The Bertz CT molecular complexity index is 557. The summed E-state index contributed by atoms with van der Waals surface area (Å²) in [4.78, 5) is 0. The molecule has 0 unspecified atom stereocenters. The summed E-state index contributed by atoms with van der Waals surface area (Å²) in [5, 5.41) is 11.2. The Labute approximate surface area is 116 Å². The first-order chi connectivity index (χ1) is 8.87. The van der Waals surface area contributed by atoms with E-state index in [9.17, 15) is 4.39 Å². The lowest BCUT2D eigenvalue weighted by Crippen LogP contribution is -2.35. The number of aromatic nitrogens is 2. The molecule has 0 aliphatic heterocycles. The number of hydrogen-bond donors (Lipinski definition) is 1. The van der Waals surface area contributed by atoms with E-state index in [4.69, 9.17) is 16.0 Å². The molecule has 0 spiro atoms. The first-order valence-corrected chi connectivity index (χ1v) is 6.26. The van der Waals surface area contributed by atoms with Crippen molar-refractivity contribution >= 4 is 11.6 Å². The van der Waals surface area contributed by atoms with E-state index in [0.29, 0.717) is 12.4 Å². The molecule has 19 heavy (non-hydrogen) atoms. The van der Waals surface area contributed by atoms with Gasteiger partial charge in [0.15, 0.2) is 0 Å². The van der Waals surface area contributed by atoms with Crippen LogP contribution in [0.15, 0.2) is 22.6 Å². The zero-order valence-electron chi connectivity index (χ0n) is 11.0. The van der Waals surface area contributed by atoms with Gasteiger partial charge in [-0.2, -0.15) is 0 Å². The molecule has 2 rings (SSSR count). The van der Waals surface area contributed by atoms with E-state index in [1.54, 1.807) is 6.07 Å². The van der Waals surface area contributed by atoms with Crippen molar-refractivity contribution in [2.75, 3.05) is 0 Å². The molecule has 0 saturated heterocycles. The quantitative estimate of drug-likeness (QED) is 0.938. The Morgan fingerprint density at radius 2 is 2.05 bits per heavy atom. The molecule has 0 fully saturated rings. The van der Waals surface area contributed by atoms with E-state index in [0.717, 1.165) is 0 Å². The van der Waals surface area contributed by atoms with E-state index in [-0.39, 0.29) is 22.0 Å². The van der Waals surface area contributed by atoms with Crippen LogP contribution in [0.4, 0.5) is 4.39 Å². The predicted molar refractivity (Wildman–Crippen MR) is 71.3 cm³/mol. The third-order valence-electron chi connectivity index (χ3n) is 2.41. The highest BCUT2D eigenvalue weighted by Gasteiger charge is 2.17. The van der Waals surface area contributed by atoms with E-state index >= 15 is 0 Å². The van der Waals surface area contributed by atoms with Gasteiger partial charge in [0.2, 0.25) is 5.89 Å². The normalized spacial score (nSPS) is 11.8. The Morgan fingerprint density at radius 3 is 2.68 bits per heavy atom. The van der Waals surface area contributed by atoms with Crippen LogP contribution in [0, 0.1) is 5.82 Å². The molecule has 1 aromatic heterocycles. The second-order valence-corrected chi connectivity index (χ2v) is 5.61. The van der Waals surface area contributed by atoms with Crippen LogP contribution in [-0.2, 0) is 6.54 Å². The van der Waals surface area contributed by atoms with E-state index in [1.807, 2.05) is 20.8 Å². The molecule has 102 valence electrons. The van der Waals surface area contributed by atoms with Crippen LogP contribution < -0.4 is 5.32 Å². The zero-order valence-corrected chi connectivity index (χ0v) is 11.8. The molecule has 6 heteroatoms. The highest BCUT2D eigenvalue weighted by atomic mass is 35.5. The lowest BCUT2D eigenvalue weighted by molar-refractivity contribution is 0.383. The molecule has 4 nitrogen and oxygen atoms in total. The third kappa shape index (κ3) is 3.52. The second kappa shape index (κ2) is 5.27. The molecule has 1 N–H and O–H groups in total. The fourth-order valence-corrected chi connectivity index (χ4v) is 1.71. The van der Waals surface area contributed by atoms with Gasteiger partial charge < -0.3 is 9.73 Å². The number of nitrogens with zero attached hydrogens (tertiary/aromatic N) is 2. The molecule has 1 aromatic carbocycles. The van der Waals surface area contributed by atoms with Crippen molar-refractivity contribution in [3.63, 3.8) is 0 Å². The number of rotatable bonds is 3. The van der Waals surface area contributed by atoms with Crippen molar-refractivity contribution in [3.8, 4) is 11.5 Å². The van der Waals surface area contributed by atoms with Gasteiger partial charge in [0, 0.05) is 5.54 Å². The van der Waals surface area contributed by atoms with E-state index in [2.05, 4.69) is 15.5 Å². The maximum Gasteiger partial charge on any atom is 0.252 e. The van der Waals surface area contributed by atoms with Gasteiger partial charge >= 0.3 is 0 Å². The Kier molecular flexibility index (Phi) is 3.87. The second-order valence-electron chi connectivity index (χ2n) is 5.20. The Balaban J connectivity index is 2.22. The smallest absolute Gasteiger partial charge is 0.252 e. The van der Waals surface area contributed by atoms with Gasteiger partial charge in [0.05, 0.1) is 17.1 Å². The standard InChI is InChI=1S/C13H15ClFN3O/c1-13(2,3)16-7-10-17-18-12(19-10)11-8(14)5-4-6-9(11)15/h4-6,16H,7H2,1-3H3. The van der Waals surface area contributed by atoms with Gasteiger partial charge in [-0.05, 0) is 32.9 Å². The van der Waals surface area contributed by atoms with Crippen LogP contribution in [0.5, 0.6) is 0 Å². The number of benzene rings is 1. The molecule has 0 atom stereocenters. The summed E-state index contributed by atoms with van der Waals surface area (Å²) in [7, 11) is 0. The van der Waals surface area contributed by atoms with Crippen molar-refractivity contribution in [1.29, 1.82) is 0 Å². The number of halogens is 2. The van der Waals surface area contributed by atoms with Gasteiger partial charge in [0.1, 0.15) is 5.82 Å². The average Bonchev–Trinajstić information content (AvgIpc) is 2.74. The minimum Gasteiger partial charge on any atom is -0.419 e. The molecular weight excluding hydrogens is 269 g/mol. The van der Waals surface area contributed by atoms with Gasteiger partial charge in [-0.15, -0.1) is 10.2 Å². The van der Waals surface area contributed by atoms with Crippen molar-refractivity contribution in [3.05, 3.63) is 34.9 Å².